The van der Waals surface area contributed by atoms with E-state index < -0.39 is 11.5 Å². The van der Waals surface area contributed by atoms with E-state index in [0.717, 1.165) is 5.56 Å². The van der Waals surface area contributed by atoms with E-state index in [1.807, 2.05) is 89.2 Å². The van der Waals surface area contributed by atoms with E-state index in [2.05, 4.69) is 29.6 Å². The van der Waals surface area contributed by atoms with Crippen molar-refractivity contribution in [2.24, 2.45) is 5.41 Å². The maximum absolute atomic E-state index is 13.2. The minimum absolute atomic E-state index is 0.00776. The van der Waals surface area contributed by atoms with E-state index in [-0.39, 0.29) is 40.6 Å². The number of thioether (sulfide) groups is 1. The molecule has 5 nitrogen and oxygen atoms in total. The Kier molecular flexibility index (Phi) is 7.62. The molecule has 0 saturated carbocycles. The predicted octanol–water partition coefficient (Wildman–Crippen LogP) is 6.99. The van der Waals surface area contributed by atoms with Crippen molar-refractivity contribution in [1.82, 2.24) is 5.32 Å². The molecule has 1 aliphatic carbocycles. The van der Waals surface area contributed by atoms with Gasteiger partial charge in [0.1, 0.15) is 12.7 Å². The normalized spacial score (nSPS) is 19.1. The van der Waals surface area contributed by atoms with Crippen molar-refractivity contribution in [3.05, 3.63) is 95.6 Å². The maximum atomic E-state index is 13.2. The molecule has 1 fully saturated rings. The second-order valence-corrected chi connectivity index (χ2v) is 13.8. The van der Waals surface area contributed by atoms with Crippen molar-refractivity contribution in [3.63, 3.8) is 0 Å². The van der Waals surface area contributed by atoms with Crippen LogP contribution in [0.4, 0.5) is 4.79 Å². The fourth-order valence-corrected chi connectivity index (χ4v) is 6.38. The lowest BCUT2D eigenvalue weighted by Crippen LogP contribution is -2.44. The molecule has 204 valence electrons. The zero-order chi connectivity index (χ0) is 27.8. The molecule has 1 N–H and O–H groups in total. The van der Waals surface area contributed by atoms with Crippen LogP contribution >= 0.6 is 11.8 Å². The van der Waals surface area contributed by atoms with Gasteiger partial charge in [-0.15, -0.1) is 0 Å². The molecular weight excluding hydrogens is 506 g/mol. The van der Waals surface area contributed by atoms with Crippen LogP contribution in [0.2, 0.25) is 0 Å². The van der Waals surface area contributed by atoms with E-state index in [0.29, 0.717) is 6.42 Å². The monoisotopic (exact) mass is 543 g/mol. The summed E-state index contributed by atoms with van der Waals surface area (Å²) in [6.07, 6.45) is -0.434. The topological polar surface area (TPSA) is 67.9 Å². The second kappa shape index (κ2) is 10.8. The molecule has 2 aliphatic rings. The molecule has 0 spiro atoms. The Morgan fingerprint density at radius 1 is 0.872 bits per heavy atom. The number of benzene rings is 3. The molecule has 0 aromatic heterocycles. The first-order chi connectivity index (χ1) is 18.5. The summed E-state index contributed by atoms with van der Waals surface area (Å²) in [5.41, 5.74) is 5.14. The number of ether oxygens (including phenoxy) is 2. The lowest BCUT2D eigenvalue weighted by Gasteiger charge is -2.26. The predicted molar refractivity (Wildman–Crippen MR) is 157 cm³/mol. The number of rotatable bonds is 8. The maximum Gasteiger partial charge on any atom is 0.407 e. The van der Waals surface area contributed by atoms with E-state index >= 15 is 0 Å². The SMILES string of the molecule is CC(C)(C)SC(=O)C(C)(C)[C@H]1O[C@@H]1[C@H](Cc1ccccc1)NC(=O)OCC1c2ccccc2-c2ccccc21. The van der Waals surface area contributed by atoms with Gasteiger partial charge in [-0.05, 0) is 48.1 Å². The van der Waals surface area contributed by atoms with E-state index in [9.17, 15) is 9.59 Å². The molecule has 5 rings (SSSR count). The van der Waals surface area contributed by atoms with Crippen LogP contribution in [0.3, 0.4) is 0 Å². The molecular formula is C33H37NO4S. The Labute approximate surface area is 235 Å². The number of carbonyl (C=O) groups is 2. The van der Waals surface area contributed by atoms with E-state index in [1.165, 1.54) is 34.0 Å². The Hall–Kier alpha value is -3.09. The van der Waals surface area contributed by atoms with Gasteiger partial charge in [0.05, 0.1) is 17.6 Å². The fraction of sp³-hybridized carbons (Fsp3) is 0.394. The quantitative estimate of drug-likeness (QED) is 0.310. The van der Waals surface area contributed by atoms with Crippen LogP contribution in [-0.4, -0.2) is 40.8 Å². The first-order valence-electron chi connectivity index (χ1n) is 13.6. The molecule has 3 aromatic rings. The third-order valence-corrected chi connectivity index (χ3v) is 8.83. The Balaban J connectivity index is 1.28. The summed E-state index contributed by atoms with van der Waals surface area (Å²) in [6.45, 7) is 10.2. The average Bonchev–Trinajstić information content (AvgIpc) is 3.65. The number of hydrogen-bond donors (Lipinski definition) is 1. The summed E-state index contributed by atoms with van der Waals surface area (Å²) < 4.78 is 11.8. The molecule has 0 radical (unpaired) electrons. The molecule has 3 atom stereocenters. The van der Waals surface area contributed by atoms with Crippen molar-refractivity contribution in [3.8, 4) is 11.1 Å². The highest BCUT2D eigenvalue weighted by Gasteiger charge is 2.57. The van der Waals surface area contributed by atoms with Gasteiger partial charge in [-0.1, -0.05) is 111 Å². The summed E-state index contributed by atoms with van der Waals surface area (Å²) in [7, 11) is 0. The number of alkyl carbamates (subject to hydrolysis) is 1. The Bertz CT molecular complexity index is 1300. The van der Waals surface area contributed by atoms with Crippen LogP contribution in [0.5, 0.6) is 0 Å². The van der Waals surface area contributed by atoms with E-state index in [4.69, 9.17) is 9.47 Å². The van der Waals surface area contributed by atoms with Gasteiger partial charge in [-0.2, -0.15) is 0 Å². The van der Waals surface area contributed by atoms with Gasteiger partial charge in [0, 0.05) is 10.7 Å². The summed E-state index contributed by atoms with van der Waals surface area (Å²) in [4.78, 5) is 26.3. The van der Waals surface area contributed by atoms with Crippen LogP contribution in [-0.2, 0) is 20.7 Å². The molecule has 0 bridgehead atoms. The van der Waals surface area contributed by atoms with Crippen LogP contribution in [0.1, 0.15) is 57.2 Å². The van der Waals surface area contributed by atoms with Crippen LogP contribution < -0.4 is 5.32 Å². The van der Waals surface area contributed by atoms with E-state index in [1.54, 1.807) is 0 Å². The number of epoxide rings is 1. The first-order valence-corrected chi connectivity index (χ1v) is 14.4. The molecule has 39 heavy (non-hydrogen) atoms. The average molecular weight is 544 g/mol. The van der Waals surface area contributed by atoms with Gasteiger partial charge in [0.25, 0.3) is 0 Å². The van der Waals surface area contributed by atoms with Crippen molar-refractivity contribution in [1.29, 1.82) is 0 Å². The van der Waals surface area contributed by atoms with Gasteiger partial charge in [-0.25, -0.2) is 4.79 Å². The number of amides is 1. The van der Waals surface area contributed by atoms with Gasteiger partial charge < -0.3 is 14.8 Å². The van der Waals surface area contributed by atoms with Crippen LogP contribution in [0.15, 0.2) is 78.9 Å². The molecule has 1 aliphatic heterocycles. The largest absolute Gasteiger partial charge is 0.449 e. The lowest BCUT2D eigenvalue weighted by atomic mass is 9.86. The van der Waals surface area contributed by atoms with Crippen molar-refractivity contribution < 1.29 is 19.1 Å². The van der Waals surface area contributed by atoms with Crippen molar-refractivity contribution in [2.75, 3.05) is 6.61 Å². The summed E-state index contributed by atoms with van der Waals surface area (Å²) in [5, 5.41) is 3.18. The van der Waals surface area contributed by atoms with Gasteiger partial charge in [-0.3, -0.25) is 4.79 Å². The lowest BCUT2D eigenvalue weighted by molar-refractivity contribution is -0.119. The highest BCUT2D eigenvalue weighted by Crippen LogP contribution is 2.46. The zero-order valence-electron chi connectivity index (χ0n) is 23.3. The third kappa shape index (κ3) is 6.07. The van der Waals surface area contributed by atoms with Crippen molar-refractivity contribution in [2.45, 2.75) is 70.0 Å². The third-order valence-electron chi connectivity index (χ3n) is 7.50. The highest BCUT2D eigenvalue weighted by molar-refractivity contribution is 8.14. The van der Waals surface area contributed by atoms with Crippen molar-refractivity contribution >= 4 is 23.0 Å². The number of nitrogens with one attached hydrogen (secondary N) is 1. The number of carbonyl (C=O) groups excluding carboxylic acids is 2. The first kappa shape index (κ1) is 27.5. The second-order valence-electron chi connectivity index (χ2n) is 12.0. The molecule has 0 unspecified atom stereocenters. The van der Waals surface area contributed by atoms with Gasteiger partial charge in [0.2, 0.25) is 0 Å². The van der Waals surface area contributed by atoms with Crippen LogP contribution in [0.25, 0.3) is 11.1 Å². The minimum atomic E-state index is -0.680. The minimum Gasteiger partial charge on any atom is -0.449 e. The van der Waals surface area contributed by atoms with Gasteiger partial charge >= 0.3 is 6.09 Å². The fourth-order valence-electron chi connectivity index (χ4n) is 5.45. The number of fused-ring (bicyclic) bond motifs is 3. The zero-order valence-corrected chi connectivity index (χ0v) is 24.1. The molecule has 1 saturated heterocycles. The molecule has 1 amide bonds. The summed E-state index contributed by atoms with van der Waals surface area (Å²) >= 11 is 1.34. The summed E-state index contributed by atoms with van der Waals surface area (Å²) in [5.74, 6) is -0.00776. The van der Waals surface area contributed by atoms with Crippen LogP contribution in [0, 0.1) is 5.41 Å². The number of hydrogen-bond acceptors (Lipinski definition) is 5. The molecule has 1 heterocycles. The van der Waals surface area contributed by atoms with Gasteiger partial charge in [0.15, 0.2) is 5.12 Å². The molecule has 3 aromatic carbocycles. The highest BCUT2D eigenvalue weighted by atomic mass is 32.2. The molecule has 6 heteroatoms. The smallest absolute Gasteiger partial charge is 0.407 e. The Morgan fingerprint density at radius 3 is 2.03 bits per heavy atom. The Morgan fingerprint density at radius 2 is 1.44 bits per heavy atom. The summed E-state index contributed by atoms with van der Waals surface area (Å²) in [6, 6.07) is 26.3. The standard InChI is InChI=1S/C33H37NO4S/c1-32(2,3)39-30(35)33(4,5)29-28(38-29)27(19-21-13-7-6-8-14-21)34-31(36)37-20-26-24-17-11-9-15-22(24)23-16-10-12-18-25(23)26/h6-18,26-29H,19-20H2,1-5H3,(H,34,36)/t27-,28+,29-/m0/s1.